The van der Waals surface area contributed by atoms with Crippen molar-refractivity contribution in [1.82, 2.24) is 9.80 Å². The van der Waals surface area contributed by atoms with Gasteiger partial charge in [0, 0.05) is 25.2 Å². The number of thiol groups is 1. The number of hydrogen-bond acceptors (Lipinski definition) is 3. The van der Waals surface area contributed by atoms with Crippen molar-refractivity contribution in [1.29, 1.82) is 0 Å². The topological polar surface area (TPSA) is 23.6 Å². The number of carbonyl (C=O) groups excluding carboxylic acids is 1. The lowest BCUT2D eigenvalue weighted by Gasteiger charge is -2.43. The Labute approximate surface area is 105 Å². The predicted molar refractivity (Wildman–Crippen MR) is 70.9 cm³/mol. The Morgan fingerprint density at radius 3 is 2.06 bits per heavy atom. The first-order valence-electron chi connectivity index (χ1n) is 6.03. The summed E-state index contributed by atoms with van der Waals surface area (Å²) in [6.07, 6.45) is 0. The van der Waals surface area contributed by atoms with Crippen LogP contribution in [0.3, 0.4) is 0 Å². The molecule has 0 aromatic carbocycles. The Bertz CT molecular complexity index is 245. The molecule has 1 aliphatic rings. The normalized spacial score (nSPS) is 29.6. The number of hydrogen-bond donors (Lipinski definition) is 1. The lowest BCUT2D eigenvalue weighted by atomic mass is 10.1. The summed E-state index contributed by atoms with van der Waals surface area (Å²) in [4.78, 5) is 16.5. The van der Waals surface area contributed by atoms with Gasteiger partial charge in [-0.1, -0.05) is 13.8 Å². The van der Waals surface area contributed by atoms with Crippen molar-refractivity contribution in [3.05, 3.63) is 0 Å². The maximum absolute atomic E-state index is 12.2. The van der Waals surface area contributed by atoms with Gasteiger partial charge in [0.1, 0.15) is 0 Å². The largest absolute Gasteiger partial charge is 0.339 e. The zero-order valence-electron chi connectivity index (χ0n) is 11.0. The van der Waals surface area contributed by atoms with E-state index in [1.54, 1.807) is 0 Å². The number of piperazine rings is 1. The summed E-state index contributed by atoms with van der Waals surface area (Å²) in [7, 11) is 2.12. The second kappa shape index (κ2) is 5.41. The summed E-state index contributed by atoms with van der Waals surface area (Å²) >= 11 is 4.41. The third-order valence-electron chi connectivity index (χ3n) is 3.56. The van der Waals surface area contributed by atoms with Crippen LogP contribution in [0.5, 0.6) is 0 Å². The Morgan fingerprint density at radius 2 is 1.69 bits per heavy atom. The molecular formula is C12H24N2OS. The van der Waals surface area contributed by atoms with Crippen LogP contribution in [0.1, 0.15) is 27.7 Å². The molecule has 0 spiro atoms. The van der Waals surface area contributed by atoms with Gasteiger partial charge in [-0.3, -0.25) is 9.69 Å². The molecule has 1 heterocycles. The van der Waals surface area contributed by atoms with Crippen LogP contribution < -0.4 is 0 Å². The van der Waals surface area contributed by atoms with E-state index in [0.29, 0.717) is 18.0 Å². The van der Waals surface area contributed by atoms with E-state index in [4.69, 9.17) is 0 Å². The summed E-state index contributed by atoms with van der Waals surface area (Å²) in [5, 5.41) is -0.164. The summed E-state index contributed by atoms with van der Waals surface area (Å²) in [6.45, 7) is 10.1. The summed E-state index contributed by atoms with van der Waals surface area (Å²) < 4.78 is 0. The third-order valence-corrected chi connectivity index (χ3v) is 4.37. The molecule has 0 aromatic rings. The smallest absolute Gasteiger partial charge is 0.235 e. The molecule has 1 rings (SSSR count). The molecule has 0 radical (unpaired) electrons. The maximum Gasteiger partial charge on any atom is 0.235 e. The molecule has 1 saturated heterocycles. The molecule has 0 N–H and O–H groups in total. The standard InChI is InChI=1S/C12H24N2OS/c1-8(2)11(16)12(15)14-6-9(3)13(5)10(4)7-14/h8-11,16H,6-7H2,1-5H3. The highest BCUT2D eigenvalue weighted by Crippen LogP contribution is 2.18. The molecule has 0 saturated carbocycles. The summed E-state index contributed by atoms with van der Waals surface area (Å²) in [6, 6.07) is 0.862. The zero-order chi connectivity index (χ0) is 12.5. The van der Waals surface area contributed by atoms with E-state index in [0.717, 1.165) is 13.1 Å². The first-order chi connectivity index (χ1) is 7.34. The SMILES string of the molecule is CC(C)C(S)C(=O)N1CC(C)N(C)C(C)C1. The third kappa shape index (κ3) is 2.92. The fourth-order valence-corrected chi connectivity index (χ4v) is 2.22. The van der Waals surface area contributed by atoms with Crippen LogP contribution >= 0.6 is 12.6 Å². The van der Waals surface area contributed by atoms with E-state index in [9.17, 15) is 4.79 Å². The van der Waals surface area contributed by atoms with Gasteiger partial charge >= 0.3 is 0 Å². The maximum atomic E-state index is 12.2. The number of rotatable bonds is 2. The van der Waals surface area contributed by atoms with Crippen LogP contribution in [0, 0.1) is 5.92 Å². The van der Waals surface area contributed by atoms with Crippen LogP contribution in [-0.2, 0) is 4.79 Å². The van der Waals surface area contributed by atoms with Gasteiger partial charge in [0.2, 0.25) is 5.91 Å². The minimum atomic E-state index is -0.164. The monoisotopic (exact) mass is 244 g/mol. The Balaban J connectivity index is 2.65. The average molecular weight is 244 g/mol. The van der Waals surface area contributed by atoms with Gasteiger partial charge in [0.25, 0.3) is 0 Å². The van der Waals surface area contributed by atoms with Crippen molar-refractivity contribution < 1.29 is 4.79 Å². The van der Waals surface area contributed by atoms with Gasteiger partial charge in [-0.15, -0.1) is 0 Å². The minimum Gasteiger partial charge on any atom is -0.339 e. The zero-order valence-corrected chi connectivity index (χ0v) is 11.9. The first kappa shape index (κ1) is 13.8. The molecule has 0 aliphatic carbocycles. The summed E-state index contributed by atoms with van der Waals surface area (Å²) in [5.74, 6) is 0.478. The van der Waals surface area contributed by atoms with E-state index in [1.165, 1.54) is 0 Å². The van der Waals surface area contributed by atoms with Crippen molar-refractivity contribution in [3.63, 3.8) is 0 Å². The molecule has 94 valence electrons. The molecule has 3 unspecified atom stereocenters. The Morgan fingerprint density at radius 1 is 1.25 bits per heavy atom. The van der Waals surface area contributed by atoms with E-state index >= 15 is 0 Å². The quantitative estimate of drug-likeness (QED) is 0.744. The van der Waals surface area contributed by atoms with Crippen molar-refractivity contribution in [3.8, 4) is 0 Å². The van der Waals surface area contributed by atoms with E-state index in [2.05, 4.69) is 38.4 Å². The van der Waals surface area contributed by atoms with E-state index < -0.39 is 0 Å². The van der Waals surface area contributed by atoms with Crippen LogP contribution in [-0.4, -0.2) is 53.2 Å². The molecule has 3 nitrogen and oxygen atoms in total. The van der Waals surface area contributed by atoms with Gasteiger partial charge in [0.05, 0.1) is 5.25 Å². The molecule has 16 heavy (non-hydrogen) atoms. The average Bonchev–Trinajstić information content (AvgIpc) is 2.22. The van der Waals surface area contributed by atoms with Crippen LogP contribution in [0.15, 0.2) is 0 Å². The van der Waals surface area contributed by atoms with E-state index in [1.807, 2.05) is 18.7 Å². The van der Waals surface area contributed by atoms with E-state index in [-0.39, 0.29) is 11.2 Å². The van der Waals surface area contributed by atoms with Crippen molar-refractivity contribution in [2.75, 3.05) is 20.1 Å². The molecule has 1 fully saturated rings. The number of nitrogens with zero attached hydrogens (tertiary/aromatic N) is 2. The van der Waals surface area contributed by atoms with Gasteiger partial charge in [-0.25, -0.2) is 0 Å². The molecule has 0 aromatic heterocycles. The second-order valence-corrected chi connectivity index (χ2v) is 5.85. The highest BCUT2D eigenvalue weighted by atomic mass is 32.1. The highest BCUT2D eigenvalue weighted by molar-refractivity contribution is 7.81. The lowest BCUT2D eigenvalue weighted by Crippen LogP contribution is -2.58. The lowest BCUT2D eigenvalue weighted by molar-refractivity contribution is -0.135. The predicted octanol–water partition coefficient (Wildman–Crippen LogP) is 1.49. The van der Waals surface area contributed by atoms with Crippen LogP contribution in [0.25, 0.3) is 0 Å². The van der Waals surface area contributed by atoms with Gasteiger partial charge in [-0.05, 0) is 26.8 Å². The fourth-order valence-electron chi connectivity index (χ4n) is 2.06. The highest BCUT2D eigenvalue weighted by Gasteiger charge is 2.32. The second-order valence-electron chi connectivity index (χ2n) is 5.30. The number of carbonyl (C=O) groups is 1. The van der Waals surface area contributed by atoms with Crippen LogP contribution in [0.4, 0.5) is 0 Å². The summed E-state index contributed by atoms with van der Waals surface area (Å²) in [5.41, 5.74) is 0. The number of amides is 1. The van der Waals surface area contributed by atoms with Crippen molar-refractivity contribution in [2.24, 2.45) is 5.92 Å². The number of likely N-dealkylation sites (N-methyl/N-ethyl adjacent to an activating group) is 1. The Hall–Kier alpha value is -0.220. The molecule has 1 aliphatic heterocycles. The van der Waals surface area contributed by atoms with Gasteiger partial charge < -0.3 is 4.90 Å². The van der Waals surface area contributed by atoms with Crippen molar-refractivity contribution >= 4 is 18.5 Å². The molecule has 0 bridgehead atoms. The molecular weight excluding hydrogens is 220 g/mol. The minimum absolute atomic E-state index is 0.164. The molecule has 4 heteroatoms. The van der Waals surface area contributed by atoms with Crippen LogP contribution in [0.2, 0.25) is 0 Å². The Kier molecular flexibility index (Phi) is 4.68. The molecule has 3 atom stereocenters. The van der Waals surface area contributed by atoms with Gasteiger partial charge in [0.15, 0.2) is 0 Å². The van der Waals surface area contributed by atoms with Gasteiger partial charge in [-0.2, -0.15) is 12.6 Å². The fraction of sp³-hybridized carbons (Fsp3) is 0.917. The van der Waals surface area contributed by atoms with Crippen molar-refractivity contribution in [2.45, 2.75) is 45.0 Å². The molecule has 1 amide bonds. The first-order valence-corrected chi connectivity index (χ1v) is 6.55.